The molecule has 0 aliphatic carbocycles. The van der Waals surface area contributed by atoms with E-state index in [9.17, 15) is 14.7 Å². The Bertz CT molecular complexity index is 1150. The van der Waals surface area contributed by atoms with Gasteiger partial charge in [0, 0.05) is 43.4 Å². The van der Waals surface area contributed by atoms with Crippen LogP contribution < -0.4 is 5.32 Å². The number of pyridine rings is 1. The molecule has 1 fully saturated rings. The van der Waals surface area contributed by atoms with Crippen LogP contribution in [0.3, 0.4) is 0 Å². The molecule has 2 amide bonds. The van der Waals surface area contributed by atoms with Crippen molar-refractivity contribution in [1.82, 2.24) is 30.2 Å². The van der Waals surface area contributed by atoms with Gasteiger partial charge in [0.25, 0.3) is 0 Å². The number of carbonyl (C=O) groups excluding carboxylic acids is 2. The summed E-state index contributed by atoms with van der Waals surface area (Å²) in [5.74, 6) is -0.557. The van der Waals surface area contributed by atoms with E-state index in [1.165, 1.54) is 11.9 Å². The summed E-state index contributed by atoms with van der Waals surface area (Å²) >= 11 is 0. The number of likely N-dealkylation sites (tertiary alicyclic amines) is 1. The van der Waals surface area contributed by atoms with Crippen LogP contribution >= 0.6 is 0 Å². The van der Waals surface area contributed by atoms with Gasteiger partial charge in [-0.2, -0.15) is 0 Å². The van der Waals surface area contributed by atoms with Crippen LogP contribution in [0.5, 0.6) is 0 Å². The fourth-order valence-corrected chi connectivity index (χ4v) is 4.36. The fraction of sp³-hybridized carbons (Fsp3) is 0.435. The number of nitrogens with zero attached hydrogens (tertiary/aromatic N) is 5. The third kappa shape index (κ3) is 3.95. The predicted octanol–water partition coefficient (Wildman–Crippen LogP) is 1.79. The smallest absolute Gasteiger partial charge is 0.248 e. The average molecular weight is 437 g/mol. The number of fused-ring (bicyclic) bond motifs is 1. The second kappa shape index (κ2) is 8.31. The minimum absolute atomic E-state index is 0.109. The Labute approximate surface area is 186 Å². The second-order valence-electron chi connectivity index (χ2n) is 9.27. The Kier molecular flexibility index (Phi) is 5.68. The molecule has 0 saturated carbocycles. The second-order valence-corrected chi connectivity index (χ2v) is 9.27. The van der Waals surface area contributed by atoms with E-state index < -0.39 is 23.6 Å². The van der Waals surface area contributed by atoms with Crippen molar-refractivity contribution in [2.75, 3.05) is 13.6 Å². The van der Waals surface area contributed by atoms with Crippen molar-refractivity contribution >= 4 is 22.6 Å². The average Bonchev–Trinajstić information content (AvgIpc) is 3.38. The topological polar surface area (TPSA) is 113 Å². The highest BCUT2D eigenvalue weighted by Crippen LogP contribution is 2.35. The zero-order valence-corrected chi connectivity index (χ0v) is 18.7. The summed E-state index contributed by atoms with van der Waals surface area (Å²) < 4.78 is 1.56. The van der Waals surface area contributed by atoms with E-state index in [-0.39, 0.29) is 24.8 Å². The molecule has 0 radical (unpaired) electrons. The summed E-state index contributed by atoms with van der Waals surface area (Å²) in [6.45, 7) is 5.94. The number of rotatable bonds is 4. The largest absolute Gasteiger partial charge is 0.391 e. The Morgan fingerprint density at radius 3 is 2.69 bits per heavy atom. The molecule has 2 unspecified atom stereocenters. The van der Waals surface area contributed by atoms with Crippen LogP contribution in [0.2, 0.25) is 0 Å². The number of amides is 2. The van der Waals surface area contributed by atoms with E-state index in [2.05, 4.69) is 20.6 Å². The lowest BCUT2D eigenvalue weighted by molar-refractivity contribution is -0.144. The summed E-state index contributed by atoms with van der Waals surface area (Å²) in [7, 11) is 1.53. The quantitative estimate of drug-likeness (QED) is 0.645. The third-order valence-corrected chi connectivity index (χ3v) is 5.88. The van der Waals surface area contributed by atoms with Gasteiger partial charge in [-0.3, -0.25) is 14.6 Å². The number of hydrogen-bond donors (Lipinski definition) is 2. The first kappa shape index (κ1) is 21.9. The molecule has 1 aromatic carbocycles. The number of hydrogen-bond acceptors (Lipinski definition) is 6. The Morgan fingerprint density at radius 1 is 1.22 bits per heavy atom. The molecule has 3 aromatic rings. The predicted molar refractivity (Wildman–Crippen MR) is 119 cm³/mol. The van der Waals surface area contributed by atoms with Gasteiger partial charge in [0.05, 0.1) is 12.3 Å². The maximum Gasteiger partial charge on any atom is 0.248 e. The third-order valence-electron chi connectivity index (χ3n) is 5.88. The molecule has 0 spiro atoms. The van der Waals surface area contributed by atoms with Gasteiger partial charge in [-0.15, -0.1) is 5.10 Å². The highest BCUT2D eigenvalue weighted by atomic mass is 16.3. The zero-order chi connectivity index (χ0) is 23.0. The van der Waals surface area contributed by atoms with Gasteiger partial charge in [-0.05, 0) is 10.8 Å². The lowest BCUT2D eigenvalue weighted by atomic mass is 9.85. The molecule has 3 atom stereocenters. The number of aromatic nitrogens is 4. The van der Waals surface area contributed by atoms with Gasteiger partial charge in [-0.1, -0.05) is 50.3 Å². The molecule has 32 heavy (non-hydrogen) atoms. The first-order chi connectivity index (χ1) is 15.2. The molecule has 9 heteroatoms. The summed E-state index contributed by atoms with van der Waals surface area (Å²) in [6, 6.07) is 6.47. The van der Waals surface area contributed by atoms with Crippen molar-refractivity contribution in [3.05, 3.63) is 42.9 Å². The molecule has 1 aliphatic heterocycles. The minimum atomic E-state index is -0.741. The van der Waals surface area contributed by atoms with Crippen molar-refractivity contribution in [3.63, 3.8) is 0 Å². The van der Waals surface area contributed by atoms with E-state index >= 15 is 0 Å². The fourth-order valence-electron chi connectivity index (χ4n) is 4.36. The Balaban J connectivity index is 1.72. The lowest BCUT2D eigenvalue weighted by Gasteiger charge is -2.34. The number of likely N-dealkylation sites (N-methyl/N-ethyl adjacent to an activating group) is 1. The normalized spacial score (nSPS) is 19.8. The zero-order valence-electron chi connectivity index (χ0n) is 18.7. The van der Waals surface area contributed by atoms with Crippen molar-refractivity contribution in [3.8, 4) is 11.3 Å². The van der Waals surface area contributed by atoms with Crippen LogP contribution in [0, 0.1) is 5.41 Å². The van der Waals surface area contributed by atoms with E-state index in [4.69, 9.17) is 0 Å². The Morgan fingerprint density at radius 2 is 1.97 bits per heavy atom. The molecule has 2 aromatic heterocycles. The maximum atomic E-state index is 13.7. The molecular weight excluding hydrogens is 408 g/mol. The molecule has 2 N–H and O–H groups in total. The molecule has 1 saturated heterocycles. The molecule has 0 bridgehead atoms. The van der Waals surface area contributed by atoms with Gasteiger partial charge < -0.3 is 15.3 Å². The Hall–Kier alpha value is -3.33. The summed E-state index contributed by atoms with van der Waals surface area (Å²) in [4.78, 5) is 31.8. The molecule has 4 rings (SSSR count). The highest BCUT2D eigenvalue weighted by molar-refractivity contribution is 5.94. The van der Waals surface area contributed by atoms with E-state index in [1.807, 2.05) is 45.0 Å². The number of benzene rings is 1. The van der Waals surface area contributed by atoms with Crippen LogP contribution in [-0.4, -0.2) is 67.5 Å². The lowest BCUT2D eigenvalue weighted by Crippen LogP contribution is -2.49. The number of β-amino-alcohol motifs (C(OH)–C–C–N with tert-alkyl or cyclic N) is 1. The number of nitrogens with one attached hydrogen (secondary N) is 1. The SMILES string of the molecule is CNC(=O)[C@H]1CC(O)CN1C(=O)C(n1cc(-c2cncc3ccccc23)nn1)C(C)(C)C. The first-order valence-corrected chi connectivity index (χ1v) is 10.7. The van der Waals surface area contributed by atoms with Crippen molar-refractivity contribution < 1.29 is 14.7 Å². The van der Waals surface area contributed by atoms with Gasteiger partial charge in [0.1, 0.15) is 17.8 Å². The van der Waals surface area contributed by atoms with Gasteiger partial charge in [0.2, 0.25) is 11.8 Å². The molecule has 3 heterocycles. The van der Waals surface area contributed by atoms with Crippen LogP contribution in [-0.2, 0) is 9.59 Å². The van der Waals surface area contributed by atoms with Crippen LogP contribution in [0.1, 0.15) is 33.2 Å². The number of carbonyl (C=O) groups is 2. The number of aliphatic hydroxyl groups is 1. The monoisotopic (exact) mass is 436 g/mol. The molecular formula is C23H28N6O3. The standard InChI is InChI=1S/C23H28N6O3/c1-23(2,3)20(22(32)28-12-15(30)9-19(28)21(31)24-4)29-13-18(26-27-29)17-11-25-10-14-7-5-6-8-16(14)17/h5-8,10-11,13,15,19-20,30H,9,12H2,1-4H3,(H,24,31)/t15?,19-,20?/m1/s1. The maximum absolute atomic E-state index is 13.7. The van der Waals surface area contributed by atoms with Crippen LogP contribution in [0.4, 0.5) is 0 Å². The summed E-state index contributed by atoms with van der Waals surface area (Å²) in [5.41, 5.74) is 0.926. The van der Waals surface area contributed by atoms with Gasteiger partial charge >= 0.3 is 0 Å². The molecule has 1 aliphatic rings. The summed E-state index contributed by atoms with van der Waals surface area (Å²) in [6.07, 6.45) is 4.76. The van der Waals surface area contributed by atoms with E-state index in [0.29, 0.717) is 5.69 Å². The van der Waals surface area contributed by atoms with E-state index in [1.54, 1.807) is 23.3 Å². The summed E-state index contributed by atoms with van der Waals surface area (Å²) in [5, 5.41) is 23.4. The van der Waals surface area contributed by atoms with E-state index in [0.717, 1.165) is 16.3 Å². The minimum Gasteiger partial charge on any atom is -0.391 e. The van der Waals surface area contributed by atoms with Crippen LogP contribution in [0.25, 0.3) is 22.0 Å². The number of aliphatic hydroxyl groups excluding tert-OH is 1. The van der Waals surface area contributed by atoms with Crippen molar-refractivity contribution in [2.45, 2.75) is 45.4 Å². The molecule has 9 nitrogen and oxygen atoms in total. The molecule has 168 valence electrons. The highest BCUT2D eigenvalue weighted by Gasteiger charge is 2.45. The van der Waals surface area contributed by atoms with Gasteiger partial charge in [0.15, 0.2) is 0 Å². The van der Waals surface area contributed by atoms with Crippen molar-refractivity contribution in [1.29, 1.82) is 0 Å². The van der Waals surface area contributed by atoms with Crippen molar-refractivity contribution in [2.24, 2.45) is 5.41 Å². The van der Waals surface area contributed by atoms with Crippen LogP contribution in [0.15, 0.2) is 42.9 Å². The van der Waals surface area contributed by atoms with Gasteiger partial charge in [-0.25, -0.2) is 4.68 Å². The first-order valence-electron chi connectivity index (χ1n) is 10.7.